The number of pyridine rings is 1. The Kier molecular flexibility index (Phi) is 2.94. The van der Waals surface area contributed by atoms with Crippen LogP contribution in [0.1, 0.15) is 10.4 Å². The molecule has 92 valence electrons. The molecule has 0 aliphatic carbocycles. The number of hydrogen-bond donors (Lipinski definition) is 1. The van der Waals surface area contributed by atoms with E-state index in [1.807, 2.05) is 0 Å². The SMILES string of the molecule is O=C(O)c1ccc(Cl)nc1-n1cnc([N+](=O)[O-])c1. The Morgan fingerprint density at radius 2 is 2.22 bits per heavy atom. The number of carboxylic acid groups (broad SMARTS) is 1. The molecule has 0 aliphatic heterocycles. The molecule has 0 radical (unpaired) electrons. The van der Waals surface area contributed by atoms with Gasteiger partial charge in [0.05, 0.1) is 0 Å². The predicted molar refractivity (Wildman–Crippen MR) is 60.0 cm³/mol. The Hall–Kier alpha value is -2.48. The Morgan fingerprint density at radius 1 is 1.50 bits per heavy atom. The predicted octanol–water partition coefficient (Wildman–Crippen LogP) is 1.53. The summed E-state index contributed by atoms with van der Waals surface area (Å²) in [6.45, 7) is 0. The fourth-order valence-electron chi connectivity index (χ4n) is 1.31. The van der Waals surface area contributed by atoms with Crippen LogP contribution in [0.2, 0.25) is 5.15 Å². The summed E-state index contributed by atoms with van der Waals surface area (Å²) in [6.07, 6.45) is 2.16. The zero-order valence-electron chi connectivity index (χ0n) is 8.65. The van der Waals surface area contributed by atoms with Crippen molar-refractivity contribution in [2.75, 3.05) is 0 Å². The molecular formula is C9H5ClN4O4. The number of nitrogens with zero attached hydrogens (tertiary/aromatic N) is 4. The second-order valence-corrected chi connectivity index (χ2v) is 3.59. The monoisotopic (exact) mass is 268 g/mol. The lowest BCUT2D eigenvalue weighted by Gasteiger charge is -2.04. The standard InChI is InChI=1S/C9H5ClN4O4/c10-6-2-1-5(9(15)16)8(12-6)13-3-7(11-4-13)14(17)18/h1-4H,(H,15,16). The van der Waals surface area contributed by atoms with Crippen molar-refractivity contribution in [1.82, 2.24) is 14.5 Å². The van der Waals surface area contributed by atoms with Gasteiger partial charge >= 0.3 is 11.8 Å². The Bertz CT molecular complexity index is 639. The van der Waals surface area contributed by atoms with E-state index in [9.17, 15) is 14.9 Å². The van der Waals surface area contributed by atoms with Gasteiger partial charge in [-0.3, -0.25) is 4.57 Å². The summed E-state index contributed by atoms with van der Waals surface area (Å²) >= 11 is 5.67. The van der Waals surface area contributed by atoms with Gasteiger partial charge < -0.3 is 15.2 Å². The molecule has 0 saturated heterocycles. The fraction of sp³-hybridized carbons (Fsp3) is 0. The summed E-state index contributed by atoms with van der Waals surface area (Å²) in [4.78, 5) is 28.1. The van der Waals surface area contributed by atoms with Crippen LogP contribution >= 0.6 is 11.6 Å². The highest BCUT2D eigenvalue weighted by molar-refractivity contribution is 6.29. The van der Waals surface area contributed by atoms with Crippen LogP contribution in [0.3, 0.4) is 0 Å². The minimum absolute atomic E-state index is 0.0319. The lowest BCUT2D eigenvalue weighted by atomic mass is 10.2. The minimum Gasteiger partial charge on any atom is -0.478 e. The van der Waals surface area contributed by atoms with E-state index in [1.54, 1.807) is 0 Å². The molecule has 1 N–H and O–H groups in total. The van der Waals surface area contributed by atoms with Gasteiger partial charge in [-0.15, -0.1) is 0 Å². The molecule has 2 aromatic heterocycles. The van der Waals surface area contributed by atoms with E-state index in [1.165, 1.54) is 12.1 Å². The van der Waals surface area contributed by atoms with Crippen LogP contribution in [0.25, 0.3) is 5.82 Å². The number of nitro groups is 1. The van der Waals surface area contributed by atoms with Crippen LogP contribution in [0.15, 0.2) is 24.7 Å². The molecule has 8 nitrogen and oxygen atoms in total. The molecule has 0 amide bonds. The van der Waals surface area contributed by atoms with E-state index in [0.29, 0.717) is 0 Å². The highest BCUT2D eigenvalue weighted by atomic mass is 35.5. The highest BCUT2D eigenvalue weighted by Gasteiger charge is 2.18. The van der Waals surface area contributed by atoms with E-state index in [2.05, 4.69) is 9.97 Å². The van der Waals surface area contributed by atoms with Crippen molar-refractivity contribution < 1.29 is 14.8 Å². The van der Waals surface area contributed by atoms with Crippen LogP contribution in [0, 0.1) is 10.1 Å². The number of carboxylic acids is 1. The van der Waals surface area contributed by atoms with Gasteiger partial charge in [0.2, 0.25) is 6.33 Å². The van der Waals surface area contributed by atoms with E-state index in [0.717, 1.165) is 17.1 Å². The van der Waals surface area contributed by atoms with Gasteiger partial charge in [0.15, 0.2) is 5.82 Å². The maximum atomic E-state index is 11.0. The lowest BCUT2D eigenvalue weighted by Crippen LogP contribution is -2.06. The van der Waals surface area contributed by atoms with Crippen LogP contribution in [-0.4, -0.2) is 30.5 Å². The van der Waals surface area contributed by atoms with Gasteiger partial charge in [-0.05, 0) is 22.0 Å². The summed E-state index contributed by atoms with van der Waals surface area (Å²) in [5.41, 5.74) is -0.133. The zero-order valence-corrected chi connectivity index (χ0v) is 9.40. The summed E-state index contributed by atoms with van der Waals surface area (Å²) in [5.74, 6) is -1.66. The molecule has 18 heavy (non-hydrogen) atoms. The number of carbonyl (C=O) groups is 1. The number of aromatic carboxylic acids is 1. The van der Waals surface area contributed by atoms with E-state index >= 15 is 0 Å². The summed E-state index contributed by atoms with van der Waals surface area (Å²) < 4.78 is 1.13. The molecule has 0 aromatic carbocycles. The van der Waals surface area contributed by atoms with Crippen LogP contribution < -0.4 is 0 Å². The average Bonchev–Trinajstić information content (AvgIpc) is 2.77. The van der Waals surface area contributed by atoms with Crippen molar-refractivity contribution >= 4 is 23.4 Å². The molecule has 9 heteroatoms. The topological polar surface area (TPSA) is 111 Å². The summed E-state index contributed by atoms with van der Waals surface area (Å²) in [5, 5.41) is 19.6. The lowest BCUT2D eigenvalue weighted by molar-refractivity contribution is -0.389. The van der Waals surface area contributed by atoms with Gasteiger partial charge in [-0.2, -0.15) is 0 Å². The first-order chi connectivity index (χ1) is 8.49. The molecule has 0 saturated carbocycles. The second-order valence-electron chi connectivity index (χ2n) is 3.21. The summed E-state index contributed by atoms with van der Waals surface area (Å²) in [7, 11) is 0. The molecule has 0 unspecified atom stereocenters. The zero-order chi connectivity index (χ0) is 13.3. The molecular weight excluding hydrogens is 264 g/mol. The third kappa shape index (κ3) is 2.13. The highest BCUT2D eigenvalue weighted by Crippen LogP contribution is 2.18. The van der Waals surface area contributed by atoms with Gasteiger partial charge in [0.1, 0.15) is 16.9 Å². The number of hydrogen-bond acceptors (Lipinski definition) is 5. The Morgan fingerprint density at radius 3 is 2.78 bits per heavy atom. The van der Waals surface area contributed by atoms with Crippen molar-refractivity contribution in [3.8, 4) is 5.82 Å². The molecule has 0 bridgehead atoms. The first-order valence-corrected chi connectivity index (χ1v) is 4.95. The van der Waals surface area contributed by atoms with Crippen molar-refractivity contribution in [2.45, 2.75) is 0 Å². The molecule has 2 heterocycles. The van der Waals surface area contributed by atoms with Crippen molar-refractivity contribution in [1.29, 1.82) is 0 Å². The van der Waals surface area contributed by atoms with E-state index in [4.69, 9.17) is 16.7 Å². The Balaban J connectivity index is 2.57. The molecule has 2 aromatic rings. The van der Waals surface area contributed by atoms with Crippen molar-refractivity contribution in [3.63, 3.8) is 0 Å². The fourth-order valence-corrected chi connectivity index (χ4v) is 1.45. The molecule has 2 rings (SSSR count). The van der Waals surface area contributed by atoms with Crippen LogP contribution in [0.4, 0.5) is 5.82 Å². The third-order valence-corrected chi connectivity index (χ3v) is 2.28. The van der Waals surface area contributed by atoms with E-state index in [-0.39, 0.29) is 16.5 Å². The van der Waals surface area contributed by atoms with Crippen LogP contribution in [0.5, 0.6) is 0 Å². The first kappa shape index (κ1) is 12.0. The molecule has 0 atom stereocenters. The first-order valence-electron chi connectivity index (χ1n) is 4.57. The number of halogens is 1. The minimum atomic E-state index is -1.22. The van der Waals surface area contributed by atoms with Gasteiger partial charge in [-0.1, -0.05) is 11.6 Å². The number of rotatable bonds is 3. The third-order valence-electron chi connectivity index (χ3n) is 2.07. The number of imidazole rings is 1. The van der Waals surface area contributed by atoms with Crippen LogP contribution in [-0.2, 0) is 0 Å². The van der Waals surface area contributed by atoms with Crippen molar-refractivity contribution in [2.24, 2.45) is 0 Å². The second kappa shape index (κ2) is 4.41. The quantitative estimate of drug-likeness (QED) is 0.513. The smallest absolute Gasteiger partial charge is 0.381 e. The van der Waals surface area contributed by atoms with Crippen molar-refractivity contribution in [3.05, 3.63) is 45.5 Å². The molecule has 0 fully saturated rings. The normalized spacial score (nSPS) is 10.3. The Labute approximate surface area is 105 Å². The van der Waals surface area contributed by atoms with E-state index < -0.39 is 16.7 Å². The summed E-state index contributed by atoms with van der Waals surface area (Å²) in [6, 6.07) is 2.58. The maximum absolute atomic E-state index is 11.0. The molecule has 0 aliphatic rings. The molecule has 0 spiro atoms. The van der Waals surface area contributed by atoms with Gasteiger partial charge in [0, 0.05) is 0 Å². The number of aromatic nitrogens is 3. The maximum Gasteiger partial charge on any atom is 0.381 e. The van der Waals surface area contributed by atoms with Gasteiger partial charge in [0.25, 0.3) is 0 Å². The largest absolute Gasteiger partial charge is 0.478 e. The average molecular weight is 269 g/mol. The van der Waals surface area contributed by atoms with Gasteiger partial charge in [-0.25, -0.2) is 9.78 Å².